The zero-order valence-corrected chi connectivity index (χ0v) is 16.2. The fourth-order valence-electron chi connectivity index (χ4n) is 4.26. The summed E-state index contributed by atoms with van der Waals surface area (Å²) >= 11 is 0. The number of carbonyl (C=O) groups is 2. The zero-order chi connectivity index (χ0) is 19.0. The maximum Gasteiger partial charge on any atom is 0.254 e. The lowest BCUT2D eigenvalue weighted by molar-refractivity contribution is -0.117. The summed E-state index contributed by atoms with van der Waals surface area (Å²) in [5.74, 6) is 0.605. The van der Waals surface area contributed by atoms with Gasteiger partial charge in [-0.05, 0) is 31.0 Å². The van der Waals surface area contributed by atoms with E-state index < -0.39 is 9.84 Å². The van der Waals surface area contributed by atoms with Crippen molar-refractivity contribution in [1.29, 1.82) is 0 Å². The predicted octanol–water partition coefficient (Wildman–Crippen LogP) is 0.758. The third-order valence-electron chi connectivity index (χ3n) is 5.80. The molecule has 1 aromatic rings. The van der Waals surface area contributed by atoms with Gasteiger partial charge in [0.05, 0.1) is 11.5 Å². The van der Waals surface area contributed by atoms with E-state index in [0.29, 0.717) is 51.1 Å². The molecule has 0 bridgehead atoms. The van der Waals surface area contributed by atoms with Crippen LogP contribution in [0.5, 0.6) is 0 Å². The number of amides is 2. The van der Waals surface area contributed by atoms with Gasteiger partial charge in [0.15, 0.2) is 9.84 Å². The molecule has 0 aromatic heterocycles. The van der Waals surface area contributed by atoms with Gasteiger partial charge in [0.1, 0.15) is 0 Å². The van der Waals surface area contributed by atoms with Crippen LogP contribution in [0.2, 0.25) is 0 Å². The fourth-order valence-corrected chi connectivity index (χ4v) is 6.03. The third kappa shape index (κ3) is 3.87. The van der Waals surface area contributed by atoms with Crippen LogP contribution >= 0.6 is 0 Å². The Kier molecular flexibility index (Phi) is 4.94. The molecule has 8 heteroatoms. The summed E-state index contributed by atoms with van der Waals surface area (Å²) in [6.45, 7) is 3.32. The number of hydrogen-bond donors (Lipinski definition) is 0. The van der Waals surface area contributed by atoms with E-state index >= 15 is 0 Å². The molecule has 0 saturated carbocycles. The second-order valence-corrected chi connectivity index (χ2v) is 9.81. The van der Waals surface area contributed by atoms with E-state index in [-0.39, 0.29) is 29.4 Å². The van der Waals surface area contributed by atoms with Crippen LogP contribution in [0.1, 0.15) is 29.6 Å². The molecule has 1 aromatic carbocycles. The van der Waals surface area contributed by atoms with Gasteiger partial charge in [0, 0.05) is 56.4 Å². The molecule has 1 atom stereocenters. The van der Waals surface area contributed by atoms with Gasteiger partial charge in [0.25, 0.3) is 5.91 Å². The van der Waals surface area contributed by atoms with Crippen LogP contribution in [-0.4, -0.2) is 80.3 Å². The Bertz CT molecular complexity index is 846. The van der Waals surface area contributed by atoms with E-state index in [0.717, 1.165) is 12.1 Å². The molecule has 3 aliphatic heterocycles. The Morgan fingerprint density at radius 3 is 2.48 bits per heavy atom. The molecule has 3 fully saturated rings. The summed E-state index contributed by atoms with van der Waals surface area (Å²) in [4.78, 5) is 30.6. The first-order valence-corrected chi connectivity index (χ1v) is 11.4. The first-order chi connectivity index (χ1) is 12.9. The zero-order valence-electron chi connectivity index (χ0n) is 15.3. The molecule has 0 unspecified atom stereocenters. The monoisotopic (exact) mass is 391 g/mol. The minimum atomic E-state index is -2.89. The maximum absolute atomic E-state index is 12.9. The van der Waals surface area contributed by atoms with E-state index in [2.05, 4.69) is 4.90 Å². The Hall–Kier alpha value is -1.93. The van der Waals surface area contributed by atoms with Gasteiger partial charge in [-0.2, -0.15) is 0 Å². The van der Waals surface area contributed by atoms with Crippen LogP contribution in [0.25, 0.3) is 0 Å². The molecule has 0 aliphatic carbocycles. The molecule has 3 saturated heterocycles. The Morgan fingerprint density at radius 2 is 1.85 bits per heavy atom. The van der Waals surface area contributed by atoms with Gasteiger partial charge in [-0.3, -0.25) is 14.5 Å². The van der Waals surface area contributed by atoms with Crippen LogP contribution in [0.3, 0.4) is 0 Å². The summed E-state index contributed by atoms with van der Waals surface area (Å²) in [5.41, 5.74) is 1.39. The summed E-state index contributed by atoms with van der Waals surface area (Å²) in [6, 6.07) is 7.40. The van der Waals surface area contributed by atoms with E-state index in [1.54, 1.807) is 11.0 Å². The maximum atomic E-state index is 12.9. The Morgan fingerprint density at radius 1 is 1.07 bits per heavy atom. The number of sulfone groups is 1. The van der Waals surface area contributed by atoms with Crippen molar-refractivity contribution in [2.45, 2.75) is 25.3 Å². The normalized spacial score (nSPS) is 25.9. The summed E-state index contributed by atoms with van der Waals surface area (Å²) in [5, 5.41) is 0. The topological polar surface area (TPSA) is 78.0 Å². The summed E-state index contributed by atoms with van der Waals surface area (Å²) < 4.78 is 23.4. The summed E-state index contributed by atoms with van der Waals surface area (Å²) in [6.07, 6.45) is 2.12. The van der Waals surface area contributed by atoms with Gasteiger partial charge in [-0.1, -0.05) is 6.07 Å². The lowest BCUT2D eigenvalue weighted by Gasteiger charge is -2.37. The van der Waals surface area contributed by atoms with Crippen molar-refractivity contribution in [2.24, 2.45) is 0 Å². The van der Waals surface area contributed by atoms with Crippen LogP contribution in [0.15, 0.2) is 24.3 Å². The Balaban J connectivity index is 1.39. The number of nitrogens with zero attached hydrogens (tertiary/aromatic N) is 3. The molecular weight excluding hydrogens is 366 g/mol. The molecule has 0 radical (unpaired) electrons. The highest BCUT2D eigenvalue weighted by Crippen LogP contribution is 2.24. The number of piperazine rings is 1. The molecule has 2 amide bonds. The van der Waals surface area contributed by atoms with Crippen molar-refractivity contribution in [1.82, 2.24) is 9.80 Å². The van der Waals surface area contributed by atoms with E-state index in [4.69, 9.17) is 0 Å². The predicted molar refractivity (Wildman–Crippen MR) is 103 cm³/mol. The lowest BCUT2D eigenvalue weighted by Crippen LogP contribution is -2.52. The van der Waals surface area contributed by atoms with E-state index in [1.807, 2.05) is 23.1 Å². The van der Waals surface area contributed by atoms with Crippen molar-refractivity contribution in [3.05, 3.63) is 29.8 Å². The second-order valence-electron chi connectivity index (χ2n) is 7.58. The van der Waals surface area contributed by atoms with Crippen molar-refractivity contribution < 1.29 is 18.0 Å². The minimum absolute atomic E-state index is 0.0258. The van der Waals surface area contributed by atoms with Crippen LogP contribution in [-0.2, 0) is 14.6 Å². The quantitative estimate of drug-likeness (QED) is 0.760. The van der Waals surface area contributed by atoms with Crippen molar-refractivity contribution in [2.75, 3.05) is 49.1 Å². The molecule has 3 heterocycles. The highest BCUT2D eigenvalue weighted by atomic mass is 32.2. The highest BCUT2D eigenvalue weighted by molar-refractivity contribution is 7.91. The average molecular weight is 391 g/mol. The standard InChI is InChI=1S/C19H25N3O4S/c23-18-5-2-7-22(18)16-4-1-3-15(13-16)19(24)21-10-8-20(9-11-21)17-6-12-27(25,26)14-17/h1,3-4,13,17H,2,5-12,14H2/t17-/m0/s1. The van der Waals surface area contributed by atoms with Crippen LogP contribution in [0.4, 0.5) is 5.69 Å². The minimum Gasteiger partial charge on any atom is -0.336 e. The third-order valence-corrected chi connectivity index (χ3v) is 7.55. The smallest absolute Gasteiger partial charge is 0.254 e. The van der Waals surface area contributed by atoms with Crippen molar-refractivity contribution in [3.8, 4) is 0 Å². The number of benzene rings is 1. The summed E-state index contributed by atoms with van der Waals surface area (Å²) in [7, 11) is -2.89. The molecule has 3 aliphatic rings. The van der Waals surface area contributed by atoms with Gasteiger partial charge in [-0.25, -0.2) is 8.42 Å². The highest BCUT2D eigenvalue weighted by Gasteiger charge is 2.34. The fraction of sp³-hybridized carbons (Fsp3) is 0.579. The molecule has 4 rings (SSSR count). The SMILES string of the molecule is O=C(c1cccc(N2CCCC2=O)c1)N1CCN([C@H]2CCS(=O)(=O)C2)CC1. The average Bonchev–Trinajstić information content (AvgIpc) is 3.26. The van der Waals surface area contributed by atoms with Crippen molar-refractivity contribution in [3.63, 3.8) is 0 Å². The van der Waals surface area contributed by atoms with Gasteiger partial charge in [-0.15, -0.1) is 0 Å². The molecule has 0 N–H and O–H groups in total. The largest absolute Gasteiger partial charge is 0.336 e. The van der Waals surface area contributed by atoms with Gasteiger partial charge in [0.2, 0.25) is 5.91 Å². The van der Waals surface area contributed by atoms with Crippen LogP contribution < -0.4 is 4.90 Å². The van der Waals surface area contributed by atoms with Crippen LogP contribution in [0, 0.1) is 0 Å². The first-order valence-electron chi connectivity index (χ1n) is 9.57. The first kappa shape index (κ1) is 18.4. The van der Waals surface area contributed by atoms with Gasteiger partial charge >= 0.3 is 0 Å². The van der Waals surface area contributed by atoms with Gasteiger partial charge < -0.3 is 9.80 Å². The number of rotatable bonds is 3. The Labute approximate surface area is 159 Å². The lowest BCUT2D eigenvalue weighted by atomic mass is 10.1. The molecule has 7 nitrogen and oxygen atoms in total. The van der Waals surface area contributed by atoms with E-state index in [9.17, 15) is 18.0 Å². The molecular formula is C19H25N3O4S. The van der Waals surface area contributed by atoms with E-state index in [1.165, 1.54) is 0 Å². The number of anilines is 1. The van der Waals surface area contributed by atoms with Crippen molar-refractivity contribution >= 4 is 27.3 Å². The second kappa shape index (κ2) is 7.24. The molecule has 27 heavy (non-hydrogen) atoms. The molecule has 0 spiro atoms. The number of hydrogen-bond acceptors (Lipinski definition) is 5. The number of carbonyl (C=O) groups excluding carboxylic acids is 2. The molecule has 146 valence electrons.